The quantitative estimate of drug-likeness (QED) is 0.473. The van der Waals surface area contributed by atoms with E-state index in [9.17, 15) is 9.90 Å². The third-order valence-corrected chi connectivity index (χ3v) is 10.4. The number of ketones is 1. The van der Waals surface area contributed by atoms with Crippen molar-refractivity contribution in [3.63, 3.8) is 0 Å². The smallest absolute Gasteiger partial charge is 0.165 e. The first kappa shape index (κ1) is 21.0. The summed E-state index contributed by atoms with van der Waals surface area (Å²) in [6.07, 6.45) is 10.3. The van der Waals surface area contributed by atoms with Gasteiger partial charge >= 0.3 is 0 Å². The molecule has 4 fully saturated rings. The monoisotopic (exact) mass is 446 g/mol. The molecule has 162 valence electrons. The predicted molar refractivity (Wildman–Crippen MR) is 123 cm³/mol. The van der Waals surface area contributed by atoms with E-state index in [1.807, 2.05) is 18.2 Å². The lowest BCUT2D eigenvalue weighted by molar-refractivity contribution is -0.141. The Kier molecular flexibility index (Phi) is 5.16. The van der Waals surface area contributed by atoms with Crippen molar-refractivity contribution < 1.29 is 9.90 Å². The zero-order valence-electron chi connectivity index (χ0n) is 18.0. The molecule has 4 heteroatoms. The Bertz CT molecular complexity index is 908. The maximum Gasteiger partial charge on any atom is 0.165 e. The van der Waals surface area contributed by atoms with E-state index in [4.69, 9.17) is 23.2 Å². The summed E-state index contributed by atoms with van der Waals surface area (Å²) in [5.74, 6) is 2.70. The van der Waals surface area contributed by atoms with E-state index in [0.29, 0.717) is 44.9 Å². The Balaban J connectivity index is 1.46. The summed E-state index contributed by atoms with van der Waals surface area (Å²) in [5.41, 5.74) is 1.87. The van der Waals surface area contributed by atoms with Crippen LogP contribution in [0.4, 0.5) is 0 Å². The minimum atomic E-state index is -0.241. The lowest BCUT2D eigenvalue weighted by Gasteiger charge is -2.59. The van der Waals surface area contributed by atoms with Gasteiger partial charge < -0.3 is 5.11 Å². The largest absolute Gasteiger partial charge is 0.393 e. The zero-order valence-corrected chi connectivity index (χ0v) is 19.5. The van der Waals surface area contributed by atoms with Crippen molar-refractivity contribution in [2.24, 2.45) is 34.5 Å². The van der Waals surface area contributed by atoms with Gasteiger partial charge in [0.15, 0.2) is 5.78 Å². The highest BCUT2D eigenvalue weighted by atomic mass is 35.5. The number of allylic oxidation sites excluding steroid dienone is 1. The Morgan fingerprint density at radius 1 is 1.07 bits per heavy atom. The topological polar surface area (TPSA) is 37.3 Å². The van der Waals surface area contributed by atoms with Crippen LogP contribution in [0.5, 0.6) is 0 Å². The minimum absolute atomic E-state index is 0.112. The number of aliphatic hydroxyl groups is 1. The van der Waals surface area contributed by atoms with Crippen molar-refractivity contribution in [2.75, 3.05) is 0 Å². The number of hydrogen-bond donors (Lipinski definition) is 1. The van der Waals surface area contributed by atoms with Crippen LogP contribution in [0.15, 0.2) is 23.8 Å². The van der Waals surface area contributed by atoms with Crippen LogP contribution in [-0.2, 0) is 4.79 Å². The van der Waals surface area contributed by atoms with Gasteiger partial charge in [0.2, 0.25) is 0 Å². The Labute approximate surface area is 190 Å². The molecule has 0 amide bonds. The van der Waals surface area contributed by atoms with Crippen LogP contribution in [-0.4, -0.2) is 17.0 Å². The molecule has 30 heavy (non-hydrogen) atoms. The van der Waals surface area contributed by atoms with Crippen molar-refractivity contribution in [1.82, 2.24) is 0 Å². The molecular weight excluding hydrogens is 415 g/mol. The first-order valence-corrected chi connectivity index (χ1v) is 12.4. The van der Waals surface area contributed by atoms with E-state index in [-0.39, 0.29) is 11.5 Å². The zero-order chi connectivity index (χ0) is 21.3. The molecule has 0 unspecified atom stereocenters. The normalized spacial score (nSPS) is 44.5. The van der Waals surface area contributed by atoms with Gasteiger partial charge in [-0.05, 0) is 104 Å². The summed E-state index contributed by atoms with van der Waals surface area (Å²) in [4.78, 5) is 13.6. The number of benzene rings is 1. The number of fused-ring (bicyclic) bond motifs is 5. The fourth-order valence-corrected chi connectivity index (χ4v) is 8.22. The van der Waals surface area contributed by atoms with Crippen LogP contribution in [0.3, 0.4) is 0 Å². The van der Waals surface area contributed by atoms with Gasteiger partial charge in [-0.15, -0.1) is 0 Å². The molecule has 0 spiro atoms. The van der Waals surface area contributed by atoms with Crippen molar-refractivity contribution in [1.29, 1.82) is 0 Å². The molecule has 0 radical (unpaired) electrons. The summed E-state index contributed by atoms with van der Waals surface area (Å²) in [6.45, 7) is 4.71. The molecule has 0 heterocycles. The second kappa shape index (κ2) is 7.36. The van der Waals surface area contributed by atoms with Crippen LogP contribution in [0.1, 0.15) is 70.8 Å². The first-order chi connectivity index (χ1) is 14.2. The van der Waals surface area contributed by atoms with E-state index in [2.05, 4.69) is 13.8 Å². The molecule has 2 nitrogen and oxygen atoms in total. The van der Waals surface area contributed by atoms with Gasteiger partial charge in [0.1, 0.15) is 0 Å². The summed E-state index contributed by atoms with van der Waals surface area (Å²) >= 11 is 12.6. The van der Waals surface area contributed by atoms with Crippen LogP contribution >= 0.6 is 23.2 Å². The highest BCUT2D eigenvalue weighted by Crippen LogP contribution is 2.66. The first-order valence-electron chi connectivity index (χ1n) is 11.6. The van der Waals surface area contributed by atoms with Crippen LogP contribution in [0.2, 0.25) is 10.0 Å². The average Bonchev–Trinajstić information content (AvgIpc) is 2.97. The van der Waals surface area contributed by atoms with Gasteiger partial charge in [0.05, 0.1) is 16.1 Å². The molecule has 1 aromatic carbocycles. The van der Waals surface area contributed by atoms with Gasteiger partial charge in [-0.3, -0.25) is 4.79 Å². The molecule has 1 N–H and O–H groups in total. The van der Waals surface area contributed by atoms with Crippen molar-refractivity contribution in [3.05, 3.63) is 39.4 Å². The lowest BCUT2D eigenvalue weighted by Crippen LogP contribution is -2.54. The van der Waals surface area contributed by atoms with E-state index in [0.717, 1.165) is 49.7 Å². The van der Waals surface area contributed by atoms with Crippen LogP contribution in [0.25, 0.3) is 6.08 Å². The Hall–Kier alpha value is -0.830. The highest BCUT2D eigenvalue weighted by Gasteiger charge is 2.61. The molecule has 4 aliphatic carbocycles. The number of Topliss-reactive ketones (excluding diaryl/α,β-unsaturated/α-hetero) is 1. The minimum Gasteiger partial charge on any atom is -0.393 e. The van der Waals surface area contributed by atoms with Crippen molar-refractivity contribution in [2.45, 2.75) is 71.3 Å². The maximum atomic E-state index is 13.6. The molecule has 0 bridgehead atoms. The number of carbonyl (C=O) groups excluding carboxylic acids is 1. The van der Waals surface area contributed by atoms with Gasteiger partial charge in [-0.2, -0.15) is 0 Å². The third-order valence-electron chi connectivity index (χ3n) is 9.59. The molecule has 7 atom stereocenters. The molecule has 1 aromatic rings. The summed E-state index contributed by atoms with van der Waals surface area (Å²) < 4.78 is 0. The summed E-state index contributed by atoms with van der Waals surface area (Å²) in [5, 5.41) is 11.3. The SMILES string of the molecule is C[C@]12CC[C@@H](O)C[C@H]1CC[C@@H]1[C@@H]2CC[C@]2(C)C(=O)/C(=C/c3cccc(Cl)c3Cl)C[C@@H]12. The van der Waals surface area contributed by atoms with Gasteiger partial charge in [0.25, 0.3) is 0 Å². The number of aliphatic hydroxyl groups excluding tert-OH is 1. The van der Waals surface area contributed by atoms with Crippen LogP contribution in [0, 0.1) is 34.5 Å². The van der Waals surface area contributed by atoms with Crippen LogP contribution < -0.4 is 0 Å². The molecule has 0 aromatic heterocycles. The number of hydrogen-bond acceptors (Lipinski definition) is 2. The summed E-state index contributed by atoms with van der Waals surface area (Å²) in [7, 11) is 0. The van der Waals surface area contributed by atoms with E-state index in [1.165, 1.54) is 12.8 Å². The fraction of sp³-hybridized carbons (Fsp3) is 0.654. The molecule has 5 rings (SSSR count). The molecular formula is C26H32Cl2O2. The fourth-order valence-electron chi connectivity index (χ4n) is 7.85. The average molecular weight is 447 g/mol. The van der Waals surface area contributed by atoms with E-state index in [1.54, 1.807) is 6.07 Å². The van der Waals surface area contributed by atoms with Gasteiger partial charge in [-0.1, -0.05) is 49.2 Å². The highest BCUT2D eigenvalue weighted by molar-refractivity contribution is 6.43. The predicted octanol–water partition coefficient (Wildman–Crippen LogP) is 6.96. The molecule has 4 saturated carbocycles. The number of carbonyl (C=O) groups is 1. The van der Waals surface area contributed by atoms with E-state index < -0.39 is 0 Å². The number of rotatable bonds is 1. The molecule has 0 saturated heterocycles. The lowest BCUT2D eigenvalue weighted by atomic mass is 9.45. The standard InChI is InChI=1S/C26H32Cl2O2/c1-25-10-8-18(29)14-17(25)6-7-19-20(25)9-11-26(2)21(19)13-16(24(26)30)12-15-4-3-5-22(27)23(15)28/h3-5,12,17-21,29H,6-11,13-14H2,1-2H3/b16-12+/t17-,18-,19-,20+,21+,25+,26+/m1/s1. The van der Waals surface area contributed by atoms with Gasteiger partial charge in [0, 0.05) is 5.41 Å². The third kappa shape index (κ3) is 3.05. The van der Waals surface area contributed by atoms with E-state index >= 15 is 0 Å². The Morgan fingerprint density at radius 3 is 2.67 bits per heavy atom. The van der Waals surface area contributed by atoms with Crippen molar-refractivity contribution in [3.8, 4) is 0 Å². The second-order valence-corrected chi connectivity index (χ2v) is 11.7. The van der Waals surface area contributed by atoms with Crippen molar-refractivity contribution >= 4 is 35.1 Å². The summed E-state index contributed by atoms with van der Waals surface area (Å²) in [6, 6.07) is 5.62. The molecule has 4 aliphatic rings. The second-order valence-electron chi connectivity index (χ2n) is 10.9. The molecule has 0 aliphatic heterocycles. The number of halogens is 2. The van der Waals surface area contributed by atoms with Gasteiger partial charge in [-0.25, -0.2) is 0 Å². The maximum absolute atomic E-state index is 13.6. The Morgan fingerprint density at radius 2 is 1.87 bits per heavy atom.